The van der Waals surface area contributed by atoms with Gasteiger partial charge in [-0.2, -0.15) is 0 Å². The molecule has 8 heteroatoms. The molecule has 0 aliphatic carbocycles. The standard InChI is InChI=1S/C19H20N6OS/c1-13-18(27-14(2)21-13)19(26)25-11-9-24(10-12-25)17-7-6-16(22-23-17)15-5-3-4-8-20-15/h3-8H,9-12H2,1-2H3. The van der Waals surface area contributed by atoms with E-state index in [2.05, 4.69) is 25.1 Å². The molecule has 1 aliphatic rings. The molecule has 27 heavy (non-hydrogen) atoms. The van der Waals surface area contributed by atoms with E-state index >= 15 is 0 Å². The molecule has 1 aliphatic heterocycles. The molecule has 138 valence electrons. The minimum atomic E-state index is 0.0781. The number of piperazine rings is 1. The first-order chi connectivity index (χ1) is 13.1. The monoisotopic (exact) mass is 380 g/mol. The highest BCUT2D eigenvalue weighted by molar-refractivity contribution is 7.13. The van der Waals surface area contributed by atoms with Crippen LogP contribution in [0.3, 0.4) is 0 Å². The molecule has 3 aromatic rings. The molecule has 0 atom stereocenters. The number of aryl methyl sites for hydroxylation is 2. The zero-order valence-electron chi connectivity index (χ0n) is 15.3. The van der Waals surface area contributed by atoms with Gasteiger partial charge in [-0.1, -0.05) is 6.07 Å². The van der Waals surface area contributed by atoms with Crippen molar-refractivity contribution in [1.29, 1.82) is 0 Å². The topological polar surface area (TPSA) is 75.1 Å². The Bertz CT molecular complexity index is 933. The van der Waals surface area contributed by atoms with Gasteiger partial charge in [-0.25, -0.2) is 4.98 Å². The quantitative estimate of drug-likeness (QED) is 0.695. The Labute approximate surface area is 161 Å². The summed E-state index contributed by atoms with van der Waals surface area (Å²) in [6.45, 7) is 6.63. The van der Waals surface area contributed by atoms with Gasteiger partial charge in [0.05, 0.1) is 16.4 Å². The van der Waals surface area contributed by atoms with Gasteiger partial charge < -0.3 is 9.80 Å². The van der Waals surface area contributed by atoms with E-state index in [-0.39, 0.29) is 5.91 Å². The van der Waals surface area contributed by atoms with E-state index in [9.17, 15) is 4.79 Å². The van der Waals surface area contributed by atoms with Gasteiger partial charge in [0.1, 0.15) is 10.6 Å². The van der Waals surface area contributed by atoms with Crippen LogP contribution in [0, 0.1) is 13.8 Å². The average molecular weight is 380 g/mol. The van der Waals surface area contributed by atoms with Gasteiger partial charge in [0.25, 0.3) is 5.91 Å². The van der Waals surface area contributed by atoms with E-state index in [1.54, 1.807) is 6.20 Å². The first-order valence-electron chi connectivity index (χ1n) is 8.85. The van der Waals surface area contributed by atoms with Crippen LogP contribution in [0.1, 0.15) is 20.4 Å². The lowest BCUT2D eigenvalue weighted by molar-refractivity contribution is 0.0750. The van der Waals surface area contributed by atoms with E-state index in [0.29, 0.717) is 13.1 Å². The fourth-order valence-corrected chi connectivity index (χ4v) is 4.04. The predicted molar refractivity (Wildman–Crippen MR) is 105 cm³/mol. The van der Waals surface area contributed by atoms with Crippen molar-refractivity contribution in [2.24, 2.45) is 0 Å². The Morgan fingerprint density at radius 1 is 1.00 bits per heavy atom. The highest BCUT2D eigenvalue weighted by Crippen LogP contribution is 2.21. The van der Waals surface area contributed by atoms with E-state index in [1.807, 2.05) is 49.1 Å². The number of thiazole rings is 1. The molecule has 0 N–H and O–H groups in total. The maximum atomic E-state index is 12.7. The second kappa shape index (κ2) is 7.40. The van der Waals surface area contributed by atoms with Gasteiger partial charge >= 0.3 is 0 Å². The Hall–Kier alpha value is -2.87. The van der Waals surface area contributed by atoms with Crippen LogP contribution in [-0.4, -0.2) is 57.2 Å². The average Bonchev–Trinajstić information content (AvgIpc) is 3.06. The molecule has 0 radical (unpaired) electrons. The number of aromatic nitrogens is 4. The van der Waals surface area contributed by atoms with Gasteiger partial charge in [-0.3, -0.25) is 9.78 Å². The highest BCUT2D eigenvalue weighted by Gasteiger charge is 2.25. The van der Waals surface area contributed by atoms with Crippen LogP contribution in [0.2, 0.25) is 0 Å². The lowest BCUT2D eigenvalue weighted by atomic mass is 10.2. The maximum absolute atomic E-state index is 12.7. The van der Waals surface area contributed by atoms with Crippen molar-refractivity contribution in [3.8, 4) is 11.4 Å². The number of nitrogens with zero attached hydrogens (tertiary/aromatic N) is 6. The third-order valence-corrected chi connectivity index (χ3v) is 5.63. The van der Waals surface area contributed by atoms with Gasteiger partial charge in [0.15, 0.2) is 5.82 Å². The smallest absolute Gasteiger partial charge is 0.265 e. The van der Waals surface area contributed by atoms with Crippen molar-refractivity contribution in [2.45, 2.75) is 13.8 Å². The zero-order chi connectivity index (χ0) is 18.8. The summed E-state index contributed by atoms with van der Waals surface area (Å²) in [7, 11) is 0. The normalized spacial score (nSPS) is 14.4. The van der Waals surface area contributed by atoms with Crippen LogP contribution in [0.25, 0.3) is 11.4 Å². The maximum Gasteiger partial charge on any atom is 0.265 e. The van der Waals surface area contributed by atoms with Gasteiger partial charge in [0.2, 0.25) is 0 Å². The molecule has 1 fully saturated rings. The fourth-order valence-electron chi connectivity index (χ4n) is 3.16. The third kappa shape index (κ3) is 3.66. The summed E-state index contributed by atoms with van der Waals surface area (Å²) in [5, 5.41) is 9.58. The van der Waals surface area contributed by atoms with Crippen molar-refractivity contribution in [2.75, 3.05) is 31.1 Å². The molecule has 0 unspecified atom stereocenters. The first kappa shape index (κ1) is 17.5. The van der Waals surface area contributed by atoms with Crippen LogP contribution in [0.4, 0.5) is 5.82 Å². The molecule has 1 saturated heterocycles. The Balaban J connectivity index is 1.40. The van der Waals surface area contributed by atoms with Gasteiger partial charge in [0, 0.05) is 32.4 Å². The Kier molecular flexibility index (Phi) is 4.81. The molecule has 4 rings (SSSR count). The summed E-state index contributed by atoms with van der Waals surface area (Å²) in [5.41, 5.74) is 2.38. The van der Waals surface area contributed by atoms with Crippen LogP contribution >= 0.6 is 11.3 Å². The number of hydrogen-bond acceptors (Lipinski definition) is 7. The summed E-state index contributed by atoms with van der Waals surface area (Å²) < 4.78 is 0. The number of pyridine rings is 1. The van der Waals surface area contributed by atoms with Crippen molar-refractivity contribution in [3.63, 3.8) is 0 Å². The molecule has 3 aromatic heterocycles. The van der Waals surface area contributed by atoms with Crippen LogP contribution in [0.5, 0.6) is 0 Å². The number of anilines is 1. The molecular weight excluding hydrogens is 360 g/mol. The molecular formula is C19H20N6OS. The highest BCUT2D eigenvalue weighted by atomic mass is 32.1. The fraction of sp³-hybridized carbons (Fsp3) is 0.316. The molecule has 0 aromatic carbocycles. The minimum Gasteiger partial charge on any atom is -0.352 e. The Morgan fingerprint density at radius 3 is 2.41 bits per heavy atom. The second-order valence-electron chi connectivity index (χ2n) is 6.42. The van der Waals surface area contributed by atoms with Crippen molar-refractivity contribution in [3.05, 3.63) is 52.1 Å². The molecule has 0 saturated carbocycles. The van der Waals surface area contributed by atoms with E-state index in [4.69, 9.17) is 0 Å². The largest absolute Gasteiger partial charge is 0.352 e. The van der Waals surface area contributed by atoms with E-state index in [0.717, 1.165) is 45.9 Å². The minimum absolute atomic E-state index is 0.0781. The lowest BCUT2D eigenvalue weighted by Crippen LogP contribution is -2.49. The van der Waals surface area contributed by atoms with Crippen molar-refractivity contribution in [1.82, 2.24) is 25.1 Å². The zero-order valence-corrected chi connectivity index (χ0v) is 16.1. The Morgan fingerprint density at radius 2 is 1.81 bits per heavy atom. The predicted octanol–water partition coefficient (Wildman–Crippen LogP) is 2.57. The summed E-state index contributed by atoms with van der Waals surface area (Å²) >= 11 is 1.47. The van der Waals surface area contributed by atoms with Gasteiger partial charge in [-0.15, -0.1) is 21.5 Å². The summed E-state index contributed by atoms with van der Waals surface area (Å²) in [4.78, 5) is 26.2. The number of carbonyl (C=O) groups is 1. The number of amides is 1. The summed E-state index contributed by atoms with van der Waals surface area (Å²) in [5.74, 6) is 0.904. The van der Waals surface area contributed by atoms with Crippen molar-refractivity contribution >= 4 is 23.1 Å². The summed E-state index contributed by atoms with van der Waals surface area (Å²) in [6.07, 6.45) is 1.74. The number of carbonyl (C=O) groups excluding carboxylic acids is 1. The summed E-state index contributed by atoms with van der Waals surface area (Å²) in [6, 6.07) is 9.62. The van der Waals surface area contributed by atoms with E-state index < -0.39 is 0 Å². The molecule has 0 spiro atoms. The third-order valence-electron chi connectivity index (χ3n) is 4.57. The SMILES string of the molecule is Cc1nc(C)c(C(=O)N2CCN(c3ccc(-c4ccccn4)nn3)CC2)s1. The van der Waals surface area contributed by atoms with Gasteiger partial charge in [-0.05, 0) is 38.1 Å². The van der Waals surface area contributed by atoms with E-state index in [1.165, 1.54) is 11.3 Å². The van der Waals surface area contributed by atoms with Crippen molar-refractivity contribution < 1.29 is 4.79 Å². The number of rotatable bonds is 3. The molecule has 1 amide bonds. The molecule has 7 nitrogen and oxygen atoms in total. The second-order valence-corrected chi connectivity index (χ2v) is 7.62. The number of hydrogen-bond donors (Lipinski definition) is 0. The van der Waals surface area contributed by atoms with Crippen LogP contribution < -0.4 is 4.90 Å². The molecule has 4 heterocycles. The molecule has 0 bridgehead atoms. The van der Waals surface area contributed by atoms with Crippen LogP contribution in [-0.2, 0) is 0 Å². The van der Waals surface area contributed by atoms with Crippen LogP contribution in [0.15, 0.2) is 36.5 Å². The first-order valence-corrected chi connectivity index (χ1v) is 9.67. The lowest BCUT2D eigenvalue weighted by Gasteiger charge is -2.35.